The molecule has 10 heteroatoms. The van der Waals surface area contributed by atoms with Gasteiger partial charge in [-0.2, -0.15) is 4.98 Å². The smallest absolute Gasteiger partial charge is 0.273 e. The molecular weight excluding hydrogens is 405 g/mol. The predicted molar refractivity (Wildman–Crippen MR) is 108 cm³/mol. The van der Waals surface area contributed by atoms with Crippen LogP contribution in [0, 0.1) is 5.82 Å². The summed E-state index contributed by atoms with van der Waals surface area (Å²) in [5, 5.41) is 3.45. The molecule has 0 saturated carbocycles. The van der Waals surface area contributed by atoms with Crippen LogP contribution in [0.3, 0.4) is 0 Å². The lowest BCUT2D eigenvalue weighted by molar-refractivity contribution is -0.116. The zero-order chi connectivity index (χ0) is 19.7. The van der Waals surface area contributed by atoms with Crippen molar-refractivity contribution >= 4 is 50.0 Å². The number of nitrogens with zero attached hydrogens (tertiary/aromatic N) is 4. The van der Waals surface area contributed by atoms with Crippen molar-refractivity contribution in [2.24, 2.45) is 0 Å². The van der Waals surface area contributed by atoms with Crippen LogP contribution >= 0.6 is 22.9 Å². The fraction of sp³-hybridized carbons (Fsp3) is 0.333. The van der Waals surface area contributed by atoms with Gasteiger partial charge in [0, 0.05) is 13.1 Å². The number of carbonyl (C=O) groups excluding carboxylic acids is 1. The van der Waals surface area contributed by atoms with Crippen LogP contribution in [0.4, 0.5) is 15.2 Å². The van der Waals surface area contributed by atoms with Gasteiger partial charge in [0.1, 0.15) is 23.4 Å². The molecule has 3 aromatic rings. The van der Waals surface area contributed by atoms with Crippen molar-refractivity contribution in [3.63, 3.8) is 0 Å². The molecule has 0 atom stereocenters. The van der Waals surface area contributed by atoms with Crippen molar-refractivity contribution in [1.29, 1.82) is 0 Å². The molecule has 1 fully saturated rings. The lowest BCUT2D eigenvalue weighted by Crippen LogP contribution is -2.29. The number of amides is 1. The van der Waals surface area contributed by atoms with Gasteiger partial charge in [-0.15, -0.1) is 0 Å². The summed E-state index contributed by atoms with van der Waals surface area (Å²) in [5.74, 6) is -0.957. The highest BCUT2D eigenvalue weighted by Gasteiger charge is 2.18. The van der Waals surface area contributed by atoms with Crippen LogP contribution in [0.5, 0.6) is 0 Å². The minimum atomic E-state index is -0.497. The first kappa shape index (κ1) is 18.8. The number of piperidine rings is 1. The molecule has 0 spiro atoms. The number of aromatic nitrogens is 3. The van der Waals surface area contributed by atoms with Crippen LogP contribution < -0.4 is 15.8 Å². The van der Waals surface area contributed by atoms with Gasteiger partial charge < -0.3 is 10.2 Å². The summed E-state index contributed by atoms with van der Waals surface area (Å²) in [6.45, 7) is 1.62. The Morgan fingerprint density at radius 3 is 2.82 bits per heavy atom. The van der Waals surface area contributed by atoms with Gasteiger partial charge in [0.05, 0.1) is 10.7 Å². The van der Waals surface area contributed by atoms with E-state index in [0.29, 0.717) is 10.3 Å². The van der Waals surface area contributed by atoms with Gasteiger partial charge in [-0.3, -0.25) is 14.2 Å². The summed E-state index contributed by atoms with van der Waals surface area (Å²) in [4.78, 5) is 35.9. The van der Waals surface area contributed by atoms with Crippen LogP contribution in [0.1, 0.15) is 19.3 Å². The van der Waals surface area contributed by atoms with Crippen LogP contribution in [0.15, 0.2) is 29.3 Å². The van der Waals surface area contributed by atoms with Gasteiger partial charge in [0.25, 0.3) is 5.56 Å². The zero-order valence-electron chi connectivity index (χ0n) is 14.8. The molecule has 1 aliphatic heterocycles. The third-order valence-corrected chi connectivity index (χ3v) is 5.92. The topological polar surface area (TPSA) is 80.1 Å². The SMILES string of the molecule is O=C(Cn1cnc2nc(N3CCCCC3)sc2c1=O)Nc1ccc(F)cc1Cl. The Morgan fingerprint density at radius 2 is 2.07 bits per heavy atom. The van der Waals surface area contributed by atoms with E-state index in [9.17, 15) is 14.0 Å². The van der Waals surface area contributed by atoms with Crippen LogP contribution in [0.25, 0.3) is 10.3 Å². The number of hydrogen-bond acceptors (Lipinski definition) is 6. The first-order chi connectivity index (χ1) is 13.5. The molecule has 3 heterocycles. The van der Waals surface area contributed by atoms with E-state index in [1.807, 2.05) is 0 Å². The summed E-state index contributed by atoms with van der Waals surface area (Å²) in [6, 6.07) is 3.67. The second-order valence-electron chi connectivity index (χ2n) is 6.55. The Balaban J connectivity index is 1.54. The number of thiazole rings is 1. The Labute approximate surface area is 168 Å². The maximum Gasteiger partial charge on any atom is 0.273 e. The standard InChI is InChI=1S/C18H17ClFN5O2S/c19-12-8-11(20)4-5-13(12)22-14(26)9-25-10-21-16-15(17(25)27)28-18(23-16)24-6-2-1-3-7-24/h4-5,8,10H,1-3,6-7,9H2,(H,22,26). The van der Waals surface area contributed by atoms with E-state index in [-0.39, 0.29) is 22.8 Å². The summed E-state index contributed by atoms with van der Waals surface area (Å²) < 4.78 is 14.8. The van der Waals surface area contributed by atoms with Crippen molar-refractivity contribution < 1.29 is 9.18 Å². The molecule has 0 bridgehead atoms. The molecule has 1 amide bonds. The molecule has 2 aromatic heterocycles. The molecule has 7 nitrogen and oxygen atoms in total. The van der Waals surface area contributed by atoms with Gasteiger partial charge in [0.15, 0.2) is 10.8 Å². The molecule has 146 valence electrons. The summed E-state index contributed by atoms with van der Waals surface area (Å²) >= 11 is 7.22. The van der Waals surface area contributed by atoms with E-state index in [4.69, 9.17) is 11.6 Å². The van der Waals surface area contributed by atoms with Crippen LogP contribution in [0.2, 0.25) is 5.02 Å². The summed E-state index contributed by atoms with van der Waals surface area (Å²) in [7, 11) is 0. The lowest BCUT2D eigenvalue weighted by atomic mass is 10.1. The number of anilines is 2. The molecule has 4 rings (SSSR count). The third kappa shape index (κ3) is 3.85. The second kappa shape index (κ2) is 7.84. The predicted octanol–water partition coefficient (Wildman–Crippen LogP) is 3.27. The largest absolute Gasteiger partial charge is 0.348 e. The Morgan fingerprint density at radius 1 is 1.29 bits per heavy atom. The van der Waals surface area contributed by atoms with Crippen molar-refractivity contribution in [2.45, 2.75) is 25.8 Å². The number of nitrogens with one attached hydrogen (secondary N) is 1. The Kier molecular flexibility index (Phi) is 5.27. The van der Waals surface area contributed by atoms with E-state index >= 15 is 0 Å². The van der Waals surface area contributed by atoms with Gasteiger partial charge >= 0.3 is 0 Å². The number of halogens is 2. The van der Waals surface area contributed by atoms with Gasteiger partial charge in [-0.05, 0) is 37.5 Å². The Bertz CT molecular complexity index is 1090. The van der Waals surface area contributed by atoms with Crippen LogP contribution in [-0.2, 0) is 11.3 Å². The normalized spacial score (nSPS) is 14.4. The highest BCUT2D eigenvalue weighted by atomic mass is 35.5. The molecule has 1 N–H and O–H groups in total. The summed E-state index contributed by atoms with van der Waals surface area (Å²) in [6.07, 6.45) is 4.75. The molecule has 1 aromatic carbocycles. The summed E-state index contributed by atoms with van der Waals surface area (Å²) in [5.41, 5.74) is 0.361. The molecule has 0 unspecified atom stereocenters. The Hall–Kier alpha value is -2.52. The number of carbonyl (C=O) groups is 1. The molecular formula is C18H17ClFN5O2S. The van der Waals surface area contributed by atoms with E-state index in [0.717, 1.165) is 37.1 Å². The maximum absolute atomic E-state index is 13.1. The molecule has 1 saturated heterocycles. The van der Waals surface area contributed by atoms with Gasteiger partial charge in [0.2, 0.25) is 5.91 Å². The average molecular weight is 422 g/mol. The van der Waals surface area contributed by atoms with Gasteiger partial charge in [-0.1, -0.05) is 22.9 Å². The molecule has 0 radical (unpaired) electrons. The van der Waals surface area contributed by atoms with Crippen LogP contribution in [-0.4, -0.2) is 33.5 Å². The molecule has 1 aliphatic rings. The highest BCUT2D eigenvalue weighted by Crippen LogP contribution is 2.27. The average Bonchev–Trinajstić information content (AvgIpc) is 3.12. The van der Waals surface area contributed by atoms with Crippen molar-refractivity contribution in [3.05, 3.63) is 45.7 Å². The monoisotopic (exact) mass is 421 g/mol. The van der Waals surface area contributed by atoms with Crippen molar-refractivity contribution in [2.75, 3.05) is 23.3 Å². The van der Waals surface area contributed by atoms with E-state index < -0.39 is 11.7 Å². The first-order valence-electron chi connectivity index (χ1n) is 8.87. The first-order valence-corrected chi connectivity index (χ1v) is 10.1. The third-order valence-electron chi connectivity index (χ3n) is 4.52. The van der Waals surface area contributed by atoms with E-state index in [1.165, 1.54) is 40.8 Å². The maximum atomic E-state index is 13.1. The minimum absolute atomic E-state index is 0.0860. The fourth-order valence-electron chi connectivity index (χ4n) is 3.10. The number of benzene rings is 1. The number of fused-ring (bicyclic) bond motifs is 1. The minimum Gasteiger partial charge on any atom is -0.348 e. The fourth-order valence-corrected chi connectivity index (χ4v) is 4.34. The quantitative estimate of drug-likeness (QED) is 0.699. The van der Waals surface area contributed by atoms with E-state index in [2.05, 4.69) is 20.2 Å². The molecule has 0 aliphatic carbocycles. The van der Waals surface area contributed by atoms with Crippen molar-refractivity contribution in [3.8, 4) is 0 Å². The van der Waals surface area contributed by atoms with Crippen molar-refractivity contribution in [1.82, 2.24) is 14.5 Å². The van der Waals surface area contributed by atoms with E-state index in [1.54, 1.807) is 0 Å². The zero-order valence-corrected chi connectivity index (χ0v) is 16.4. The number of rotatable bonds is 4. The number of hydrogen-bond donors (Lipinski definition) is 1. The second-order valence-corrected chi connectivity index (χ2v) is 7.93. The lowest BCUT2D eigenvalue weighted by Gasteiger charge is -2.25. The molecule has 28 heavy (non-hydrogen) atoms. The van der Waals surface area contributed by atoms with Gasteiger partial charge in [-0.25, -0.2) is 9.37 Å². The highest BCUT2D eigenvalue weighted by molar-refractivity contribution is 7.22.